The van der Waals surface area contributed by atoms with Gasteiger partial charge in [0.1, 0.15) is 18.9 Å². The molecule has 1 aromatic heterocycles. The van der Waals surface area contributed by atoms with Gasteiger partial charge in [0.25, 0.3) is 0 Å². The van der Waals surface area contributed by atoms with E-state index in [0.29, 0.717) is 19.7 Å². The Morgan fingerprint density at radius 3 is 2.78 bits per heavy atom. The van der Waals surface area contributed by atoms with E-state index in [-0.39, 0.29) is 30.6 Å². The average Bonchev–Trinajstić information content (AvgIpc) is 3.28. The van der Waals surface area contributed by atoms with Crippen LogP contribution >= 0.6 is 11.3 Å². The molecule has 1 aliphatic rings. The van der Waals surface area contributed by atoms with Gasteiger partial charge in [-0.15, -0.1) is 11.3 Å². The molecule has 1 aliphatic heterocycles. The SMILES string of the molecule is CCCNC(=O)N(CC(=O)N1CCc2sccc2[C@@H]1COc1ccccc1C)[C@@H](C)CC. The monoisotopic (exact) mass is 457 g/mol. The molecular formula is C25H35N3O3S. The van der Waals surface area contributed by atoms with Gasteiger partial charge in [0.2, 0.25) is 5.91 Å². The third-order valence-corrected chi connectivity index (χ3v) is 7.12. The lowest BCUT2D eigenvalue weighted by atomic mass is 10.00. The predicted octanol–water partition coefficient (Wildman–Crippen LogP) is 4.78. The van der Waals surface area contributed by atoms with Gasteiger partial charge in [-0.3, -0.25) is 4.79 Å². The van der Waals surface area contributed by atoms with Gasteiger partial charge in [0.05, 0.1) is 6.04 Å². The third kappa shape index (κ3) is 5.63. The summed E-state index contributed by atoms with van der Waals surface area (Å²) in [5.41, 5.74) is 2.23. The van der Waals surface area contributed by atoms with Crippen molar-refractivity contribution in [1.82, 2.24) is 15.1 Å². The van der Waals surface area contributed by atoms with Gasteiger partial charge in [-0.2, -0.15) is 0 Å². The number of rotatable bonds is 9. The molecule has 2 atom stereocenters. The summed E-state index contributed by atoms with van der Waals surface area (Å²) >= 11 is 1.74. The van der Waals surface area contributed by atoms with Crippen LogP contribution in [0.2, 0.25) is 0 Å². The largest absolute Gasteiger partial charge is 0.491 e. The number of benzene rings is 1. The molecule has 0 saturated carbocycles. The fourth-order valence-corrected chi connectivity index (χ4v) is 4.91. The second kappa shape index (κ2) is 11.4. The van der Waals surface area contributed by atoms with Crippen molar-refractivity contribution >= 4 is 23.3 Å². The highest BCUT2D eigenvalue weighted by Crippen LogP contribution is 2.34. The van der Waals surface area contributed by atoms with Crippen LogP contribution in [0.25, 0.3) is 0 Å². The quantitative estimate of drug-likeness (QED) is 0.589. The van der Waals surface area contributed by atoms with Crippen molar-refractivity contribution in [2.24, 2.45) is 0 Å². The zero-order valence-corrected chi connectivity index (χ0v) is 20.4. The number of hydrogen-bond donors (Lipinski definition) is 1. The number of nitrogens with one attached hydrogen (secondary N) is 1. The molecule has 1 N–H and O–H groups in total. The Morgan fingerprint density at radius 1 is 1.28 bits per heavy atom. The van der Waals surface area contributed by atoms with Crippen LogP contribution in [0.5, 0.6) is 5.75 Å². The van der Waals surface area contributed by atoms with Crippen molar-refractivity contribution in [1.29, 1.82) is 0 Å². The number of ether oxygens (including phenoxy) is 1. The number of nitrogens with zero attached hydrogens (tertiary/aromatic N) is 2. The van der Waals surface area contributed by atoms with E-state index in [1.54, 1.807) is 16.2 Å². The number of carbonyl (C=O) groups excluding carboxylic acids is 2. The van der Waals surface area contributed by atoms with Crippen LogP contribution in [-0.2, 0) is 11.2 Å². The Labute approximate surface area is 195 Å². The number of carbonyl (C=O) groups is 2. The minimum Gasteiger partial charge on any atom is -0.491 e. The second-order valence-corrected chi connectivity index (χ2v) is 9.35. The molecule has 0 fully saturated rings. The summed E-state index contributed by atoms with van der Waals surface area (Å²) < 4.78 is 6.17. The minimum atomic E-state index is -0.171. The Balaban J connectivity index is 1.77. The lowest BCUT2D eigenvalue weighted by Gasteiger charge is -2.38. The summed E-state index contributed by atoms with van der Waals surface area (Å²) in [7, 11) is 0. The molecule has 0 unspecified atom stereocenters. The maximum absolute atomic E-state index is 13.5. The molecule has 0 spiro atoms. The number of thiophene rings is 1. The van der Waals surface area contributed by atoms with Crippen LogP contribution in [0.1, 0.15) is 55.7 Å². The number of amides is 3. The summed E-state index contributed by atoms with van der Waals surface area (Å²) in [5.74, 6) is 0.801. The molecule has 0 bridgehead atoms. The molecule has 3 amide bonds. The van der Waals surface area contributed by atoms with Gasteiger partial charge in [0, 0.05) is 24.0 Å². The molecule has 0 radical (unpaired) electrons. The van der Waals surface area contributed by atoms with Gasteiger partial charge in [-0.05, 0) is 61.7 Å². The van der Waals surface area contributed by atoms with Crippen molar-refractivity contribution in [3.05, 3.63) is 51.7 Å². The van der Waals surface area contributed by atoms with Crippen molar-refractivity contribution in [3.63, 3.8) is 0 Å². The lowest BCUT2D eigenvalue weighted by molar-refractivity contribution is -0.135. The number of urea groups is 1. The van der Waals surface area contributed by atoms with Gasteiger partial charge in [-0.25, -0.2) is 4.79 Å². The predicted molar refractivity (Wildman–Crippen MR) is 129 cm³/mol. The average molecular weight is 458 g/mol. The Kier molecular flexibility index (Phi) is 8.56. The van der Waals surface area contributed by atoms with Gasteiger partial charge in [-0.1, -0.05) is 32.0 Å². The fourth-order valence-electron chi connectivity index (χ4n) is 3.98. The van der Waals surface area contributed by atoms with Crippen LogP contribution in [0.3, 0.4) is 0 Å². The highest BCUT2D eigenvalue weighted by atomic mass is 32.1. The van der Waals surface area contributed by atoms with Crippen LogP contribution in [-0.4, -0.2) is 54.0 Å². The first-order valence-electron chi connectivity index (χ1n) is 11.5. The number of fused-ring (bicyclic) bond motifs is 1. The van der Waals surface area contributed by atoms with Gasteiger partial charge < -0.3 is 19.9 Å². The van der Waals surface area contributed by atoms with E-state index in [0.717, 1.165) is 36.1 Å². The maximum atomic E-state index is 13.5. The topological polar surface area (TPSA) is 61.9 Å². The summed E-state index contributed by atoms with van der Waals surface area (Å²) in [4.78, 5) is 31.1. The normalized spacial score (nSPS) is 16.2. The molecule has 2 aromatic rings. The van der Waals surface area contributed by atoms with Crippen LogP contribution in [0.4, 0.5) is 4.79 Å². The second-order valence-electron chi connectivity index (χ2n) is 8.35. The highest BCUT2D eigenvalue weighted by molar-refractivity contribution is 7.10. The van der Waals surface area contributed by atoms with Crippen LogP contribution < -0.4 is 10.1 Å². The summed E-state index contributed by atoms with van der Waals surface area (Å²) in [5, 5.41) is 5.01. The number of para-hydroxylation sites is 1. The van der Waals surface area contributed by atoms with Crippen molar-refractivity contribution in [2.45, 2.75) is 59.0 Å². The third-order valence-electron chi connectivity index (χ3n) is 6.12. The molecular weight excluding hydrogens is 422 g/mol. The van der Waals surface area contributed by atoms with Crippen LogP contribution in [0.15, 0.2) is 35.7 Å². The highest BCUT2D eigenvalue weighted by Gasteiger charge is 2.34. The maximum Gasteiger partial charge on any atom is 0.318 e. The van der Waals surface area contributed by atoms with E-state index >= 15 is 0 Å². The van der Waals surface area contributed by atoms with Crippen molar-refractivity contribution in [2.75, 3.05) is 26.2 Å². The van der Waals surface area contributed by atoms with E-state index in [1.807, 2.05) is 56.9 Å². The lowest BCUT2D eigenvalue weighted by Crippen LogP contribution is -2.52. The minimum absolute atomic E-state index is 0.0148. The number of aryl methyl sites for hydroxylation is 1. The Bertz CT molecular complexity index is 913. The summed E-state index contributed by atoms with van der Waals surface area (Å²) in [6, 6.07) is 9.69. The van der Waals surface area contributed by atoms with E-state index < -0.39 is 0 Å². The van der Waals surface area contributed by atoms with Gasteiger partial charge >= 0.3 is 6.03 Å². The first kappa shape index (κ1) is 24.1. The van der Waals surface area contributed by atoms with Crippen LogP contribution in [0, 0.1) is 6.92 Å². The molecule has 0 aliphatic carbocycles. The van der Waals surface area contributed by atoms with Gasteiger partial charge in [0.15, 0.2) is 0 Å². The first-order valence-corrected chi connectivity index (χ1v) is 12.4. The smallest absolute Gasteiger partial charge is 0.318 e. The standard InChI is InChI=1S/C25H35N3O3S/c1-5-13-26-25(30)28(19(4)6-2)16-24(29)27-14-11-23-20(12-15-32-23)21(27)17-31-22-10-8-7-9-18(22)3/h7-10,12,15,19,21H,5-6,11,13-14,16-17H2,1-4H3,(H,26,30)/t19-,21-/m0/s1. The molecule has 6 nitrogen and oxygen atoms in total. The van der Waals surface area contributed by atoms with E-state index in [9.17, 15) is 9.59 Å². The Morgan fingerprint density at radius 2 is 2.06 bits per heavy atom. The van der Waals surface area contributed by atoms with E-state index in [2.05, 4.69) is 16.8 Å². The first-order chi connectivity index (χ1) is 15.5. The summed E-state index contributed by atoms with van der Waals surface area (Å²) in [6.07, 6.45) is 2.49. The van der Waals surface area contributed by atoms with E-state index in [1.165, 1.54) is 4.88 Å². The molecule has 1 aromatic carbocycles. The fraction of sp³-hybridized carbons (Fsp3) is 0.520. The molecule has 2 heterocycles. The zero-order chi connectivity index (χ0) is 23.1. The number of hydrogen-bond acceptors (Lipinski definition) is 4. The molecule has 7 heteroatoms. The van der Waals surface area contributed by atoms with E-state index in [4.69, 9.17) is 4.74 Å². The van der Waals surface area contributed by atoms with Crippen molar-refractivity contribution in [3.8, 4) is 5.75 Å². The Hall–Kier alpha value is -2.54. The molecule has 174 valence electrons. The summed E-state index contributed by atoms with van der Waals surface area (Å²) in [6.45, 7) is 9.78. The zero-order valence-electron chi connectivity index (χ0n) is 19.6. The molecule has 0 saturated heterocycles. The molecule has 3 rings (SSSR count). The molecule has 32 heavy (non-hydrogen) atoms. The van der Waals surface area contributed by atoms with Crippen molar-refractivity contribution < 1.29 is 14.3 Å².